The van der Waals surface area contributed by atoms with Crippen molar-refractivity contribution in [3.05, 3.63) is 11.8 Å². The molecule has 0 spiro atoms. The van der Waals surface area contributed by atoms with Crippen LogP contribution in [0, 0.1) is 17.2 Å². The van der Waals surface area contributed by atoms with Gasteiger partial charge in [0.25, 0.3) is 0 Å². The number of nitriles is 1. The van der Waals surface area contributed by atoms with Gasteiger partial charge in [-0.3, -0.25) is 0 Å². The Morgan fingerprint density at radius 1 is 1.58 bits per heavy atom. The first-order chi connectivity index (χ1) is 5.37. The number of nitrogens with zero attached hydrogens (tertiary/aromatic N) is 1. The first kappa shape index (κ1) is 11.0. The lowest BCUT2D eigenvalue weighted by atomic mass is 10.1. The third-order valence-electron chi connectivity index (χ3n) is 1.10. The van der Waals surface area contributed by atoms with E-state index in [2.05, 4.69) is 4.18 Å². The van der Waals surface area contributed by atoms with Gasteiger partial charge in [0.15, 0.2) is 0 Å². The predicted molar refractivity (Wildman–Crippen MR) is 44.5 cm³/mol. The first-order valence-electron chi connectivity index (χ1n) is 3.35. The fourth-order valence-electron chi connectivity index (χ4n) is 0.431. The quantitative estimate of drug-likeness (QED) is 0.377. The summed E-state index contributed by atoms with van der Waals surface area (Å²) in [5.41, 5.74) is 0.306. The second-order valence-corrected chi connectivity index (χ2v) is 4.24. The smallest absolute Gasteiger partial charge is 0.305 e. The highest BCUT2D eigenvalue weighted by Gasteiger charge is 2.04. The van der Waals surface area contributed by atoms with Crippen LogP contribution in [0.4, 0.5) is 0 Å². The Balaban J connectivity index is 4.47. The molecule has 0 rings (SSSR count). The molecular weight excluding hydrogens is 178 g/mol. The molecule has 0 atom stereocenters. The molecule has 0 saturated carbocycles. The van der Waals surface area contributed by atoms with E-state index in [1.807, 2.05) is 6.07 Å². The Morgan fingerprint density at radius 3 is 2.33 bits per heavy atom. The molecule has 0 unspecified atom stereocenters. The summed E-state index contributed by atoms with van der Waals surface area (Å²) >= 11 is 0. The van der Waals surface area contributed by atoms with Crippen molar-refractivity contribution >= 4 is 10.1 Å². The summed E-state index contributed by atoms with van der Waals surface area (Å²) < 4.78 is 25.3. The summed E-state index contributed by atoms with van der Waals surface area (Å²) in [5, 5.41) is 8.50. The lowest BCUT2D eigenvalue weighted by Crippen LogP contribution is -1.99. The average Bonchev–Trinajstić information content (AvgIpc) is 1.85. The van der Waals surface area contributed by atoms with Crippen LogP contribution >= 0.6 is 0 Å². The summed E-state index contributed by atoms with van der Waals surface area (Å²) in [6.07, 6.45) is 1.90. The second-order valence-electron chi connectivity index (χ2n) is 2.64. The van der Waals surface area contributed by atoms with E-state index in [1.165, 1.54) is 0 Å². The molecule has 0 aliphatic rings. The van der Waals surface area contributed by atoms with E-state index in [1.54, 1.807) is 13.8 Å². The molecule has 12 heavy (non-hydrogen) atoms. The molecule has 5 heteroatoms. The summed E-state index contributed by atoms with van der Waals surface area (Å²) in [4.78, 5) is 0. The molecule has 0 aliphatic carbocycles. The molecule has 0 aromatic carbocycles. The zero-order valence-corrected chi connectivity index (χ0v) is 8.05. The van der Waals surface area contributed by atoms with Crippen molar-refractivity contribution in [1.29, 1.82) is 5.26 Å². The number of rotatable bonds is 3. The molecule has 68 valence electrons. The fraction of sp³-hybridized carbons (Fsp3) is 0.571. The van der Waals surface area contributed by atoms with Crippen LogP contribution in [0.2, 0.25) is 0 Å². The molecule has 0 heterocycles. The van der Waals surface area contributed by atoms with E-state index >= 15 is 0 Å². The van der Waals surface area contributed by atoms with Gasteiger partial charge in [-0.2, -0.15) is 13.7 Å². The normalized spacial score (nSPS) is 12.8. The highest BCUT2D eigenvalue weighted by Crippen LogP contribution is 2.08. The van der Waals surface area contributed by atoms with Crippen molar-refractivity contribution in [2.45, 2.75) is 13.8 Å². The molecule has 0 aromatic heterocycles. The molecule has 0 saturated heterocycles. The number of hydrogen-bond acceptors (Lipinski definition) is 4. The van der Waals surface area contributed by atoms with Gasteiger partial charge in [0, 0.05) is 0 Å². The highest BCUT2D eigenvalue weighted by atomic mass is 32.2. The minimum atomic E-state index is -3.49. The van der Waals surface area contributed by atoms with Gasteiger partial charge in [-0.05, 0) is 5.92 Å². The summed E-state index contributed by atoms with van der Waals surface area (Å²) in [5.74, 6) is -0.0308. The molecule has 0 amide bonds. The predicted octanol–water partition coefficient (Wildman–Crippen LogP) is 1.03. The SMILES string of the molecule is CC(C)/C(C#N)=C\OS(C)(=O)=O. The van der Waals surface area contributed by atoms with Gasteiger partial charge >= 0.3 is 10.1 Å². The minimum Gasteiger partial charge on any atom is -0.390 e. The van der Waals surface area contributed by atoms with Crippen LogP contribution in [0.15, 0.2) is 11.8 Å². The third-order valence-corrected chi connectivity index (χ3v) is 1.55. The van der Waals surface area contributed by atoms with Crippen LogP contribution in [-0.4, -0.2) is 14.7 Å². The van der Waals surface area contributed by atoms with E-state index in [4.69, 9.17) is 5.26 Å². The molecule has 0 N–H and O–H groups in total. The molecule has 0 aliphatic heterocycles. The van der Waals surface area contributed by atoms with Crippen LogP contribution < -0.4 is 0 Å². The maximum absolute atomic E-state index is 10.5. The monoisotopic (exact) mass is 189 g/mol. The lowest BCUT2D eigenvalue weighted by molar-refractivity contribution is 0.443. The molecule has 0 fully saturated rings. The van der Waals surface area contributed by atoms with Crippen LogP contribution in [-0.2, 0) is 14.3 Å². The Kier molecular flexibility index (Phi) is 3.77. The Hall–Kier alpha value is -1.02. The zero-order valence-electron chi connectivity index (χ0n) is 7.23. The van der Waals surface area contributed by atoms with Gasteiger partial charge in [0.05, 0.1) is 17.9 Å². The van der Waals surface area contributed by atoms with Gasteiger partial charge in [-0.15, -0.1) is 0 Å². The Bertz CT molecular complexity index is 308. The van der Waals surface area contributed by atoms with Gasteiger partial charge in [-0.1, -0.05) is 13.8 Å². The Morgan fingerprint density at radius 2 is 2.08 bits per heavy atom. The van der Waals surface area contributed by atoms with Gasteiger partial charge in [0.2, 0.25) is 0 Å². The summed E-state index contributed by atoms with van der Waals surface area (Å²) in [6, 6.07) is 1.85. The van der Waals surface area contributed by atoms with E-state index in [9.17, 15) is 8.42 Å². The summed E-state index contributed by atoms with van der Waals surface area (Å²) in [6.45, 7) is 3.56. The average molecular weight is 189 g/mol. The molecule has 4 nitrogen and oxygen atoms in total. The first-order valence-corrected chi connectivity index (χ1v) is 5.17. The largest absolute Gasteiger partial charge is 0.390 e. The van der Waals surface area contributed by atoms with Crippen LogP contribution in [0.1, 0.15) is 13.8 Å². The molecular formula is C7H11NO3S. The highest BCUT2D eigenvalue weighted by molar-refractivity contribution is 7.86. The van der Waals surface area contributed by atoms with Crippen molar-refractivity contribution in [2.75, 3.05) is 6.26 Å². The summed E-state index contributed by atoms with van der Waals surface area (Å²) in [7, 11) is -3.49. The maximum Gasteiger partial charge on any atom is 0.305 e. The number of hydrogen-bond donors (Lipinski definition) is 0. The van der Waals surface area contributed by atoms with Crippen molar-refractivity contribution in [2.24, 2.45) is 5.92 Å². The van der Waals surface area contributed by atoms with E-state index in [-0.39, 0.29) is 5.92 Å². The molecule has 0 radical (unpaired) electrons. The van der Waals surface area contributed by atoms with Crippen molar-refractivity contribution < 1.29 is 12.6 Å². The van der Waals surface area contributed by atoms with Crippen LogP contribution in [0.5, 0.6) is 0 Å². The Labute approximate surface area is 72.6 Å². The van der Waals surface area contributed by atoms with Crippen molar-refractivity contribution in [3.63, 3.8) is 0 Å². The topological polar surface area (TPSA) is 67.2 Å². The van der Waals surface area contributed by atoms with Crippen molar-refractivity contribution in [3.8, 4) is 6.07 Å². The van der Waals surface area contributed by atoms with Gasteiger partial charge in [0.1, 0.15) is 6.26 Å². The maximum atomic E-state index is 10.5. The number of allylic oxidation sites excluding steroid dienone is 1. The third kappa shape index (κ3) is 4.74. The van der Waals surface area contributed by atoms with Crippen molar-refractivity contribution in [1.82, 2.24) is 0 Å². The fourth-order valence-corrected chi connectivity index (χ4v) is 0.709. The lowest BCUT2D eigenvalue weighted by Gasteiger charge is -2.01. The van der Waals surface area contributed by atoms with Crippen LogP contribution in [0.3, 0.4) is 0 Å². The molecule has 0 bridgehead atoms. The second kappa shape index (κ2) is 4.12. The molecule has 0 aromatic rings. The van der Waals surface area contributed by atoms with E-state index in [0.717, 1.165) is 12.5 Å². The van der Waals surface area contributed by atoms with Gasteiger partial charge in [-0.25, -0.2) is 0 Å². The van der Waals surface area contributed by atoms with Gasteiger partial charge < -0.3 is 4.18 Å². The van der Waals surface area contributed by atoms with E-state index < -0.39 is 10.1 Å². The zero-order chi connectivity index (χ0) is 9.78. The standard InChI is InChI=1S/C7H11NO3S/c1-6(2)7(4-8)5-11-12(3,9)10/h5-6H,1-3H3/b7-5-. The minimum absolute atomic E-state index is 0.0308. The van der Waals surface area contributed by atoms with Crippen LogP contribution in [0.25, 0.3) is 0 Å². The van der Waals surface area contributed by atoms with E-state index in [0.29, 0.717) is 5.57 Å².